The Morgan fingerprint density at radius 1 is 0.935 bits per heavy atom. The molecule has 8 heteroatoms. The largest absolute Gasteiger partial charge is 0.399 e. The predicted octanol–water partition coefficient (Wildman–Crippen LogP) is 3.10. The molecule has 1 aliphatic heterocycles. The third-order valence-corrected chi connectivity index (χ3v) is 8.95. The van der Waals surface area contributed by atoms with Crippen molar-refractivity contribution in [3.63, 3.8) is 0 Å². The number of para-hydroxylation sites is 1. The van der Waals surface area contributed by atoms with Crippen LogP contribution in [0.25, 0.3) is 11.1 Å². The number of hydrogen-bond donors (Lipinski definition) is 2. The normalized spacial score (nSPS) is 19.4. The molecule has 0 aromatic heterocycles. The van der Waals surface area contributed by atoms with Gasteiger partial charge in [0.25, 0.3) is 0 Å². The van der Waals surface area contributed by atoms with Crippen LogP contribution < -0.4 is 11.5 Å². The number of carbonyl (C=O) groups excluding carboxylic acids is 1. The number of nitrogen functional groups attached to an aromatic ring is 1. The van der Waals surface area contributed by atoms with E-state index in [1.807, 2.05) is 30.3 Å². The summed E-state index contributed by atoms with van der Waals surface area (Å²) in [5, 5.41) is 0. The third kappa shape index (κ3) is 3.94. The molecule has 1 fully saturated rings. The molecule has 4 N–H and O–H groups in total. The lowest BCUT2D eigenvalue weighted by atomic mass is 10.0. The fourth-order valence-corrected chi connectivity index (χ4v) is 7.24. The molecule has 0 spiro atoms. The van der Waals surface area contributed by atoms with E-state index in [9.17, 15) is 13.2 Å². The molecule has 0 aliphatic carbocycles. The molecule has 1 atom stereocenters. The number of sulfonamides is 1. The molecule has 1 unspecified atom stereocenters. The number of nitrogens with two attached hydrogens (primary N) is 2. The summed E-state index contributed by atoms with van der Waals surface area (Å²) in [6, 6.07) is 23.5. The quantitative estimate of drug-likeness (QED) is 0.558. The average molecular weight is 454 g/mol. The highest BCUT2D eigenvalue weighted by atomic mass is 32.2. The summed E-state index contributed by atoms with van der Waals surface area (Å²) >= 11 is 1.25. The maximum absolute atomic E-state index is 13.6. The van der Waals surface area contributed by atoms with Crippen molar-refractivity contribution in [2.45, 2.75) is 16.2 Å². The number of thioether (sulfide) groups is 1. The van der Waals surface area contributed by atoms with E-state index in [0.717, 1.165) is 11.1 Å². The van der Waals surface area contributed by atoms with Gasteiger partial charge in [-0.2, -0.15) is 4.31 Å². The zero-order valence-corrected chi connectivity index (χ0v) is 18.4. The smallest absolute Gasteiger partial charge is 0.249 e. The Bertz CT molecular complexity index is 1200. The second kappa shape index (κ2) is 8.37. The Morgan fingerprint density at radius 2 is 1.55 bits per heavy atom. The minimum atomic E-state index is -3.95. The molecular weight excluding hydrogens is 430 g/mol. The fraction of sp³-hybridized carbons (Fsp3) is 0.174. The monoisotopic (exact) mass is 453 g/mol. The van der Waals surface area contributed by atoms with Gasteiger partial charge in [-0.1, -0.05) is 60.7 Å². The molecule has 1 heterocycles. The van der Waals surface area contributed by atoms with Crippen LogP contribution in [0.5, 0.6) is 0 Å². The molecule has 160 valence electrons. The van der Waals surface area contributed by atoms with Crippen LogP contribution in [0.15, 0.2) is 83.8 Å². The van der Waals surface area contributed by atoms with E-state index >= 15 is 0 Å². The van der Waals surface area contributed by atoms with E-state index in [2.05, 4.69) is 0 Å². The highest BCUT2D eigenvalue weighted by molar-refractivity contribution is 8.02. The van der Waals surface area contributed by atoms with Gasteiger partial charge in [0.15, 0.2) is 4.87 Å². The molecule has 1 aliphatic rings. The Balaban J connectivity index is 1.70. The summed E-state index contributed by atoms with van der Waals surface area (Å²) in [5.74, 6) is -0.223. The Morgan fingerprint density at radius 3 is 2.19 bits per heavy atom. The van der Waals surface area contributed by atoms with Gasteiger partial charge in [-0.05, 0) is 34.9 Å². The van der Waals surface area contributed by atoms with Gasteiger partial charge < -0.3 is 11.5 Å². The van der Waals surface area contributed by atoms with E-state index in [4.69, 9.17) is 11.5 Å². The van der Waals surface area contributed by atoms with E-state index in [0.29, 0.717) is 17.0 Å². The van der Waals surface area contributed by atoms with Gasteiger partial charge in [0.05, 0.1) is 4.90 Å². The molecule has 3 aromatic rings. The number of nitrogens with zero attached hydrogens (tertiary/aromatic N) is 1. The average Bonchev–Trinajstić information content (AvgIpc) is 3.22. The molecule has 1 saturated heterocycles. The van der Waals surface area contributed by atoms with Crippen molar-refractivity contribution in [1.82, 2.24) is 4.31 Å². The SMILES string of the molecule is NC(=O)C1(Cc2ccccc2N)SCCN1S(=O)(=O)c1ccc(-c2ccccc2)cc1. The van der Waals surface area contributed by atoms with Crippen molar-refractivity contribution < 1.29 is 13.2 Å². The van der Waals surface area contributed by atoms with Crippen molar-refractivity contribution in [2.75, 3.05) is 18.0 Å². The van der Waals surface area contributed by atoms with Gasteiger partial charge in [-0.25, -0.2) is 8.42 Å². The van der Waals surface area contributed by atoms with Crippen LogP contribution in [0, 0.1) is 0 Å². The number of hydrogen-bond acceptors (Lipinski definition) is 5. The second-order valence-corrected chi connectivity index (χ2v) is 10.6. The van der Waals surface area contributed by atoms with E-state index in [-0.39, 0.29) is 17.9 Å². The zero-order valence-electron chi connectivity index (χ0n) is 16.8. The number of benzene rings is 3. The van der Waals surface area contributed by atoms with Gasteiger partial charge >= 0.3 is 0 Å². The summed E-state index contributed by atoms with van der Waals surface area (Å²) in [4.78, 5) is 11.3. The summed E-state index contributed by atoms with van der Waals surface area (Å²) < 4.78 is 28.3. The van der Waals surface area contributed by atoms with Gasteiger partial charge in [0.1, 0.15) is 0 Å². The Kier molecular flexibility index (Phi) is 5.79. The van der Waals surface area contributed by atoms with Crippen molar-refractivity contribution in [1.29, 1.82) is 0 Å². The molecule has 0 bridgehead atoms. The van der Waals surface area contributed by atoms with Crippen LogP contribution in [-0.4, -0.2) is 35.8 Å². The minimum Gasteiger partial charge on any atom is -0.399 e. The van der Waals surface area contributed by atoms with E-state index in [1.54, 1.807) is 48.5 Å². The number of anilines is 1. The highest BCUT2D eigenvalue weighted by Gasteiger charge is 2.53. The molecule has 4 rings (SSSR count). The number of carbonyl (C=O) groups is 1. The molecule has 0 saturated carbocycles. The lowest BCUT2D eigenvalue weighted by Crippen LogP contribution is -2.55. The summed E-state index contributed by atoms with van der Waals surface area (Å²) in [5.41, 5.74) is 15.0. The lowest BCUT2D eigenvalue weighted by Gasteiger charge is -2.34. The number of rotatable bonds is 6. The second-order valence-electron chi connectivity index (χ2n) is 7.34. The van der Waals surface area contributed by atoms with Crippen LogP contribution in [0.1, 0.15) is 5.56 Å². The molecule has 3 aromatic carbocycles. The molecule has 0 radical (unpaired) electrons. The van der Waals surface area contributed by atoms with Crippen LogP contribution in [-0.2, 0) is 21.2 Å². The zero-order chi connectivity index (χ0) is 22.1. The summed E-state index contributed by atoms with van der Waals surface area (Å²) in [6.45, 7) is 0.198. The fourth-order valence-electron chi connectivity index (χ4n) is 3.82. The first-order valence-corrected chi connectivity index (χ1v) is 12.2. The first-order valence-electron chi connectivity index (χ1n) is 9.80. The molecular formula is C23H23N3O3S2. The third-order valence-electron chi connectivity index (χ3n) is 5.46. The first kappa shape index (κ1) is 21.4. The van der Waals surface area contributed by atoms with Crippen molar-refractivity contribution in [3.8, 4) is 11.1 Å². The van der Waals surface area contributed by atoms with Gasteiger partial charge in [0.2, 0.25) is 15.9 Å². The number of primary amides is 1. The standard InChI is InChI=1S/C23H23N3O3S2/c24-21-9-5-4-8-19(21)16-23(22(25)27)26(14-15-30-23)31(28,29)20-12-10-18(11-13-20)17-6-2-1-3-7-17/h1-13H,14-16,24H2,(H2,25,27). The van der Waals surface area contributed by atoms with Crippen LogP contribution in [0.4, 0.5) is 5.69 Å². The summed E-state index contributed by atoms with van der Waals surface area (Å²) in [7, 11) is -3.95. The predicted molar refractivity (Wildman–Crippen MR) is 125 cm³/mol. The van der Waals surface area contributed by atoms with Crippen LogP contribution >= 0.6 is 11.8 Å². The number of amides is 1. The summed E-state index contributed by atoms with van der Waals surface area (Å²) in [6.07, 6.45) is 0.112. The maximum Gasteiger partial charge on any atom is 0.249 e. The minimum absolute atomic E-state index is 0.112. The molecule has 31 heavy (non-hydrogen) atoms. The Labute approximate surface area is 186 Å². The van der Waals surface area contributed by atoms with Crippen molar-refractivity contribution >= 4 is 33.4 Å². The highest BCUT2D eigenvalue weighted by Crippen LogP contribution is 2.43. The van der Waals surface area contributed by atoms with Crippen molar-refractivity contribution in [2.24, 2.45) is 5.73 Å². The molecule has 1 amide bonds. The van der Waals surface area contributed by atoms with Crippen LogP contribution in [0.2, 0.25) is 0 Å². The van der Waals surface area contributed by atoms with Gasteiger partial charge in [-0.3, -0.25) is 4.79 Å². The Hall–Kier alpha value is -2.81. The van der Waals surface area contributed by atoms with Gasteiger partial charge in [-0.15, -0.1) is 11.8 Å². The first-order chi connectivity index (χ1) is 14.8. The van der Waals surface area contributed by atoms with Crippen LogP contribution in [0.3, 0.4) is 0 Å². The topological polar surface area (TPSA) is 106 Å². The maximum atomic E-state index is 13.6. The van der Waals surface area contributed by atoms with E-state index < -0.39 is 20.8 Å². The molecule has 6 nitrogen and oxygen atoms in total. The van der Waals surface area contributed by atoms with E-state index in [1.165, 1.54) is 16.1 Å². The lowest BCUT2D eigenvalue weighted by molar-refractivity contribution is -0.122. The van der Waals surface area contributed by atoms with Gasteiger partial charge in [0, 0.05) is 24.4 Å². The van der Waals surface area contributed by atoms with Crippen molar-refractivity contribution in [3.05, 3.63) is 84.4 Å².